The highest BCUT2D eigenvalue weighted by Crippen LogP contribution is 2.09. The molecule has 0 fully saturated rings. The van der Waals surface area contributed by atoms with Crippen molar-refractivity contribution in [3.63, 3.8) is 0 Å². The summed E-state index contributed by atoms with van der Waals surface area (Å²) in [5, 5.41) is 4.15. The molecule has 11 heavy (non-hydrogen) atoms. The van der Waals surface area contributed by atoms with E-state index in [1.54, 1.807) is 6.20 Å². The van der Waals surface area contributed by atoms with Crippen LogP contribution in [-0.2, 0) is 6.54 Å². The summed E-state index contributed by atoms with van der Waals surface area (Å²) < 4.78 is 1.94. The molecule has 0 saturated carbocycles. The Kier molecular flexibility index (Phi) is 2.17. The van der Waals surface area contributed by atoms with Crippen LogP contribution in [0, 0.1) is 12.8 Å². The van der Waals surface area contributed by atoms with Crippen molar-refractivity contribution < 1.29 is 0 Å². The Hall–Kier alpha value is -0.990. The summed E-state index contributed by atoms with van der Waals surface area (Å²) >= 11 is 0. The van der Waals surface area contributed by atoms with E-state index in [4.69, 9.17) is 5.73 Å². The lowest BCUT2D eigenvalue weighted by Gasteiger charge is -2.06. The van der Waals surface area contributed by atoms with Gasteiger partial charge >= 0.3 is 0 Å². The van der Waals surface area contributed by atoms with Crippen molar-refractivity contribution in [2.24, 2.45) is 5.92 Å². The molecule has 3 nitrogen and oxygen atoms in total. The van der Waals surface area contributed by atoms with E-state index in [0.717, 1.165) is 17.9 Å². The SMILES string of the molecule is Cc1c(N)cnn1CC(C)C. The van der Waals surface area contributed by atoms with Gasteiger partial charge in [0.1, 0.15) is 0 Å². The van der Waals surface area contributed by atoms with Crippen LogP contribution in [0.1, 0.15) is 19.5 Å². The Morgan fingerprint density at radius 3 is 2.64 bits per heavy atom. The Labute approximate surface area is 67.2 Å². The monoisotopic (exact) mass is 153 g/mol. The van der Waals surface area contributed by atoms with Crippen LogP contribution >= 0.6 is 0 Å². The van der Waals surface area contributed by atoms with Gasteiger partial charge < -0.3 is 5.73 Å². The third kappa shape index (κ3) is 1.73. The molecule has 1 rings (SSSR count). The van der Waals surface area contributed by atoms with Gasteiger partial charge in [-0.3, -0.25) is 4.68 Å². The normalized spacial score (nSPS) is 10.9. The molecule has 0 amide bonds. The lowest BCUT2D eigenvalue weighted by atomic mass is 10.2. The van der Waals surface area contributed by atoms with E-state index in [0.29, 0.717) is 5.92 Å². The summed E-state index contributed by atoms with van der Waals surface area (Å²) in [4.78, 5) is 0. The lowest BCUT2D eigenvalue weighted by Crippen LogP contribution is -2.07. The van der Waals surface area contributed by atoms with E-state index in [1.807, 2.05) is 11.6 Å². The van der Waals surface area contributed by atoms with E-state index in [1.165, 1.54) is 0 Å². The zero-order chi connectivity index (χ0) is 8.43. The molecule has 0 radical (unpaired) electrons. The predicted molar refractivity (Wildman–Crippen MR) is 46.2 cm³/mol. The van der Waals surface area contributed by atoms with Gasteiger partial charge in [-0.05, 0) is 12.8 Å². The second-order valence-electron chi connectivity index (χ2n) is 3.26. The van der Waals surface area contributed by atoms with Crippen molar-refractivity contribution >= 4 is 5.69 Å². The van der Waals surface area contributed by atoms with Gasteiger partial charge in [0.05, 0.1) is 17.6 Å². The van der Waals surface area contributed by atoms with Gasteiger partial charge in [-0.2, -0.15) is 5.10 Å². The van der Waals surface area contributed by atoms with Crippen LogP contribution in [0.25, 0.3) is 0 Å². The molecule has 0 bridgehead atoms. The Balaban J connectivity index is 2.79. The maximum Gasteiger partial charge on any atom is 0.0730 e. The van der Waals surface area contributed by atoms with E-state index < -0.39 is 0 Å². The molecular formula is C8H15N3. The van der Waals surface area contributed by atoms with Crippen LogP contribution < -0.4 is 5.73 Å². The number of rotatable bonds is 2. The highest BCUT2D eigenvalue weighted by molar-refractivity contribution is 5.39. The molecule has 2 N–H and O–H groups in total. The van der Waals surface area contributed by atoms with Gasteiger partial charge in [0.25, 0.3) is 0 Å². The first-order chi connectivity index (χ1) is 5.11. The third-order valence-electron chi connectivity index (χ3n) is 1.68. The molecule has 0 saturated heterocycles. The zero-order valence-corrected chi connectivity index (χ0v) is 7.33. The molecule has 3 heteroatoms. The van der Waals surface area contributed by atoms with Crippen LogP contribution in [0.15, 0.2) is 6.20 Å². The quantitative estimate of drug-likeness (QED) is 0.698. The minimum atomic E-state index is 0.619. The van der Waals surface area contributed by atoms with Crippen molar-refractivity contribution in [3.8, 4) is 0 Å². The number of anilines is 1. The summed E-state index contributed by atoms with van der Waals surface area (Å²) in [6.07, 6.45) is 1.71. The molecular weight excluding hydrogens is 138 g/mol. The van der Waals surface area contributed by atoms with Crippen molar-refractivity contribution in [1.82, 2.24) is 9.78 Å². The van der Waals surface area contributed by atoms with Crippen molar-refractivity contribution in [3.05, 3.63) is 11.9 Å². The predicted octanol–water partition coefficient (Wildman–Crippen LogP) is 1.43. The van der Waals surface area contributed by atoms with Crippen LogP contribution in [-0.4, -0.2) is 9.78 Å². The molecule has 1 heterocycles. The van der Waals surface area contributed by atoms with Crippen molar-refractivity contribution in [2.75, 3.05) is 5.73 Å². The molecule has 0 spiro atoms. The molecule has 62 valence electrons. The average Bonchev–Trinajstić information content (AvgIpc) is 2.18. The molecule has 0 unspecified atom stereocenters. The number of nitrogens with zero attached hydrogens (tertiary/aromatic N) is 2. The molecule has 0 aliphatic rings. The zero-order valence-electron chi connectivity index (χ0n) is 7.33. The molecule has 0 aromatic carbocycles. The van der Waals surface area contributed by atoms with Gasteiger partial charge in [0.2, 0.25) is 0 Å². The molecule has 1 aromatic rings. The van der Waals surface area contributed by atoms with Gasteiger partial charge in [-0.15, -0.1) is 0 Å². The number of nitrogen functional groups attached to an aromatic ring is 1. The summed E-state index contributed by atoms with van der Waals surface area (Å²) in [7, 11) is 0. The standard InChI is InChI=1S/C8H15N3/c1-6(2)5-11-7(3)8(9)4-10-11/h4,6H,5,9H2,1-3H3. The third-order valence-corrected chi connectivity index (χ3v) is 1.68. The minimum absolute atomic E-state index is 0.619. The van der Waals surface area contributed by atoms with Crippen LogP contribution in [0.3, 0.4) is 0 Å². The van der Waals surface area contributed by atoms with Crippen LogP contribution in [0.2, 0.25) is 0 Å². The van der Waals surface area contributed by atoms with E-state index >= 15 is 0 Å². The van der Waals surface area contributed by atoms with Crippen molar-refractivity contribution in [2.45, 2.75) is 27.3 Å². The van der Waals surface area contributed by atoms with Crippen LogP contribution in [0.4, 0.5) is 5.69 Å². The summed E-state index contributed by atoms with van der Waals surface area (Å²) in [5.74, 6) is 0.619. The lowest BCUT2D eigenvalue weighted by molar-refractivity contribution is 0.475. The highest BCUT2D eigenvalue weighted by atomic mass is 15.3. The first-order valence-electron chi connectivity index (χ1n) is 3.89. The van der Waals surface area contributed by atoms with Gasteiger partial charge in [0.15, 0.2) is 0 Å². The highest BCUT2D eigenvalue weighted by Gasteiger charge is 2.03. The summed E-state index contributed by atoms with van der Waals surface area (Å²) in [5.41, 5.74) is 7.48. The Morgan fingerprint density at radius 2 is 2.27 bits per heavy atom. The fraction of sp³-hybridized carbons (Fsp3) is 0.625. The number of nitrogens with two attached hydrogens (primary N) is 1. The Bertz CT molecular complexity index is 237. The summed E-state index contributed by atoms with van der Waals surface area (Å²) in [6.45, 7) is 7.27. The smallest absolute Gasteiger partial charge is 0.0730 e. The average molecular weight is 153 g/mol. The number of hydrogen-bond acceptors (Lipinski definition) is 2. The minimum Gasteiger partial charge on any atom is -0.396 e. The Morgan fingerprint density at radius 1 is 1.64 bits per heavy atom. The van der Waals surface area contributed by atoms with E-state index in [9.17, 15) is 0 Å². The van der Waals surface area contributed by atoms with Gasteiger partial charge in [-0.1, -0.05) is 13.8 Å². The largest absolute Gasteiger partial charge is 0.396 e. The first kappa shape index (κ1) is 8.11. The second-order valence-corrected chi connectivity index (χ2v) is 3.26. The fourth-order valence-electron chi connectivity index (χ4n) is 0.991. The maximum atomic E-state index is 5.63. The van der Waals surface area contributed by atoms with Gasteiger partial charge in [0, 0.05) is 6.54 Å². The fourth-order valence-corrected chi connectivity index (χ4v) is 0.991. The molecule has 0 aliphatic carbocycles. The second kappa shape index (κ2) is 2.95. The first-order valence-corrected chi connectivity index (χ1v) is 3.89. The number of aromatic nitrogens is 2. The molecule has 0 aliphatic heterocycles. The topological polar surface area (TPSA) is 43.8 Å². The van der Waals surface area contributed by atoms with Gasteiger partial charge in [-0.25, -0.2) is 0 Å². The van der Waals surface area contributed by atoms with E-state index in [2.05, 4.69) is 18.9 Å². The van der Waals surface area contributed by atoms with Crippen LogP contribution in [0.5, 0.6) is 0 Å². The summed E-state index contributed by atoms with van der Waals surface area (Å²) in [6, 6.07) is 0. The van der Waals surface area contributed by atoms with E-state index in [-0.39, 0.29) is 0 Å². The maximum absolute atomic E-state index is 5.63. The number of hydrogen-bond donors (Lipinski definition) is 1. The van der Waals surface area contributed by atoms with Crippen molar-refractivity contribution in [1.29, 1.82) is 0 Å². The molecule has 0 atom stereocenters. The molecule has 1 aromatic heterocycles.